The van der Waals surface area contributed by atoms with Crippen molar-refractivity contribution in [3.63, 3.8) is 0 Å². The highest BCUT2D eigenvalue weighted by Crippen LogP contribution is 2.33. The molecule has 1 aromatic rings. The van der Waals surface area contributed by atoms with Gasteiger partial charge in [0, 0.05) is 64.1 Å². The summed E-state index contributed by atoms with van der Waals surface area (Å²) in [5, 5.41) is 11.5. The van der Waals surface area contributed by atoms with Gasteiger partial charge in [0.25, 0.3) is 15.9 Å². The highest BCUT2D eigenvalue weighted by atomic mass is 32.2. The Bertz CT molecular complexity index is 862. The number of hydrogen-bond acceptors (Lipinski definition) is 8. The molecule has 11 nitrogen and oxygen atoms in total. The summed E-state index contributed by atoms with van der Waals surface area (Å²) in [7, 11) is -3.49. The zero-order chi connectivity index (χ0) is 21.1. The molecule has 0 unspecified atom stereocenters. The molecule has 0 atom stereocenters. The van der Waals surface area contributed by atoms with E-state index in [1.165, 1.54) is 14.7 Å². The Balaban J connectivity index is 1.47. The molecule has 30 heavy (non-hydrogen) atoms. The largest absolute Gasteiger partial charge is 0.379 e. The third kappa shape index (κ3) is 4.37. The maximum absolute atomic E-state index is 12.8. The van der Waals surface area contributed by atoms with Gasteiger partial charge in [-0.05, 0) is 12.1 Å². The second-order valence-corrected chi connectivity index (χ2v) is 9.36. The van der Waals surface area contributed by atoms with E-state index in [-0.39, 0.29) is 10.6 Å². The second kappa shape index (κ2) is 9.02. The molecular weight excluding hydrogens is 414 g/mol. The minimum absolute atomic E-state index is 0.0779. The van der Waals surface area contributed by atoms with Crippen LogP contribution in [0.2, 0.25) is 0 Å². The first-order chi connectivity index (χ1) is 14.5. The number of hydrogen-bond donors (Lipinski definition) is 0. The van der Waals surface area contributed by atoms with Crippen molar-refractivity contribution in [2.24, 2.45) is 0 Å². The minimum Gasteiger partial charge on any atom is -0.379 e. The second-order valence-electron chi connectivity index (χ2n) is 7.43. The fourth-order valence-corrected chi connectivity index (χ4v) is 5.60. The van der Waals surface area contributed by atoms with E-state index in [9.17, 15) is 18.5 Å². The summed E-state index contributed by atoms with van der Waals surface area (Å²) >= 11 is 0. The van der Waals surface area contributed by atoms with E-state index in [2.05, 4.69) is 4.90 Å². The molecule has 0 saturated carbocycles. The molecule has 3 heterocycles. The number of piperazine rings is 1. The Morgan fingerprint density at radius 3 is 1.97 bits per heavy atom. The van der Waals surface area contributed by atoms with E-state index in [1.54, 1.807) is 6.07 Å². The predicted octanol–water partition coefficient (Wildman–Crippen LogP) is 0.130. The highest BCUT2D eigenvalue weighted by molar-refractivity contribution is 7.86. The van der Waals surface area contributed by atoms with Crippen molar-refractivity contribution >= 4 is 27.3 Å². The fraction of sp³-hybridized carbons (Fsp3) is 0.667. The average Bonchev–Trinajstić information content (AvgIpc) is 2.80. The summed E-state index contributed by atoms with van der Waals surface area (Å²) in [5.74, 6) is 0. The maximum Gasteiger partial charge on any atom is 0.292 e. The van der Waals surface area contributed by atoms with E-state index >= 15 is 0 Å². The lowest BCUT2D eigenvalue weighted by Crippen LogP contribution is -2.55. The van der Waals surface area contributed by atoms with Crippen molar-refractivity contribution < 1.29 is 22.8 Å². The van der Waals surface area contributed by atoms with Crippen molar-refractivity contribution in [3.05, 3.63) is 28.3 Å². The van der Waals surface area contributed by atoms with Gasteiger partial charge in [-0.15, -0.1) is 0 Å². The Kier molecular flexibility index (Phi) is 6.39. The topological polar surface area (TPSA) is 109 Å². The lowest BCUT2D eigenvalue weighted by Gasteiger charge is -2.38. The van der Waals surface area contributed by atoms with Crippen LogP contribution in [0.3, 0.4) is 0 Å². The van der Waals surface area contributed by atoms with Gasteiger partial charge >= 0.3 is 0 Å². The molecule has 0 aromatic heterocycles. The molecule has 12 heteroatoms. The third-order valence-corrected chi connectivity index (χ3v) is 7.77. The zero-order valence-corrected chi connectivity index (χ0v) is 17.6. The number of anilines is 2. The van der Waals surface area contributed by atoms with E-state index < -0.39 is 10.2 Å². The van der Waals surface area contributed by atoms with E-state index in [4.69, 9.17) is 9.47 Å². The van der Waals surface area contributed by atoms with Crippen LogP contribution in [0, 0.1) is 10.1 Å². The molecular formula is C18H27N5O6S. The predicted molar refractivity (Wildman–Crippen MR) is 111 cm³/mol. The van der Waals surface area contributed by atoms with Gasteiger partial charge in [-0.3, -0.25) is 10.1 Å². The quantitative estimate of drug-likeness (QED) is 0.469. The zero-order valence-electron chi connectivity index (χ0n) is 16.8. The Morgan fingerprint density at radius 2 is 1.37 bits per heavy atom. The van der Waals surface area contributed by atoms with Crippen molar-refractivity contribution in [1.29, 1.82) is 0 Å². The molecule has 3 saturated heterocycles. The summed E-state index contributed by atoms with van der Waals surface area (Å²) in [5.41, 5.74) is 1.53. The number of benzene rings is 1. The van der Waals surface area contributed by atoms with Crippen molar-refractivity contribution in [2.45, 2.75) is 0 Å². The summed E-state index contributed by atoms with van der Waals surface area (Å²) in [6.07, 6.45) is 0. The minimum atomic E-state index is -3.49. The molecule has 0 bridgehead atoms. The van der Waals surface area contributed by atoms with Gasteiger partial charge in [0.05, 0.1) is 31.4 Å². The molecule has 0 spiro atoms. The number of ether oxygens (including phenoxy) is 2. The van der Waals surface area contributed by atoms with Crippen molar-refractivity contribution in [1.82, 2.24) is 8.61 Å². The number of nitro groups is 1. The van der Waals surface area contributed by atoms with E-state index in [1.807, 2.05) is 11.0 Å². The number of nitrogens with zero attached hydrogens (tertiary/aromatic N) is 5. The molecule has 3 aliphatic heterocycles. The summed E-state index contributed by atoms with van der Waals surface area (Å²) in [6.45, 7) is 5.73. The SMILES string of the molecule is O=[N+]([O-])c1ccc(N2CCN(S(=O)(=O)N3CCOCC3)CC2)cc1N1CCOCC1. The number of nitro benzene ring substituents is 1. The molecule has 1 aromatic carbocycles. The number of morpholine rings is 2. The van der Waals surface area contributed by atoms with Crippen LogP contribution in [0.15, 0.2) is 18.2 Å². The first-order valence-electron chi connectivity index (χ1n) is 10.2. The summed E-state index contributed by atoms with van der Waals surface area (Å²) in [6, 6.07) is 5.13. The lowest BCUT2D eigenvalue weighted by atomic mass is 10.2. The highest BCUT2D eigenvalue weighted by Gasteiger charge is 2.33. The Hall–Kier alpha value is -1.99. The van der Waals surface area contributed by atoms with Crippen LogP contribution in [0.5, 0.6) is 0 Å². The van der Waals surface area contributed by atoms with Crippen LogP contribution < -0.4 is 9.80 Å². The first kappa shape index (κ1) is 21.2. The lowest BCUT2D eigenvalue weighted by molar-refractivity contribution is -0.384. The average molecular weight is 442 g/mol. The molecule has 0 radical (unpaired) electrons. The molecule has 0 aliphatic carbocycles. The molecule has 3 fully saturated rings. The smallest absolute Gasteiger partial charge is 0.292 e. The van der Waals surface area contributed by atoms with Crippen LogP contribution in [0.4, 0.5) is 17.1 Å². The monoisotopic (exact) mass is 441 g/mol. The Labute approximate surface area is 176 Å². The third-order valence-electron chi connectivity index (χ3n) is 5.73. The number of rotatable bonds is 5. The van der Waals surface area contributed by atoms with Crippen molar-refractivity contribution in [3.8, 4) is 0 Å². The van der Waals surface area contributed by atoms with E-state index in [0.717, 1.165) is 5.69 Å². The Morgan fingerprint density at radius 1 is 0.800 bits per heavy atom. The molecule has 0 N–H and O–H groups in total. The van der Waals surface area contributed by atoms with Gasteiger partial charge in [-0.2, -0.15) is 17.0 Å². The van der Waals surface area contributed by atoms with E-state index in [0.29, 0.717) is 84.5 Å². The molecule has 0 amide bonds. The van der Waals surface area contributed by atoms with Crippen LogP contribution >= 0.6 is 0 Å². The van der Waals surface area contributed by atoms with Gasteiger partial charge < -0.3 is 19.3 Å². The van der Waals surface area contributed by atoms with Crippen molar-refractivity contribution in [2.75, 3.05) is 88.6 Å². The van der Waals surface area contributed by atoms with Crippen LogP contribution in [-0.4, -0.2) is 101 Å². The summed E-state index contributed by atoms with van der Waals surface area (Å²) in [4.78, 5) is 15.2. The van der Waals surface area contributed by atoms with Gasteiger partial charge in [0.15, 0.2) is 0 Å². The maximum atomic E-state index is 12.8. The first-order valence-corrected chi connectivity index (χ1v) is 11.6. The van der Waals surface area contributed by atoms with Gasteiger partial charge in [0.1, 0.15) is 5.69 Å². The molecule has 3 aliphatic rings. The standard InChI is InChI=1S/C18H27N5O6S/c24-23(25)17-2-1-16(15-18(17)20-7-11-28-12-8-20)19-3-5-21(6-4-19)30(26,27)22-9-13-29-14-10-22/h1-2,15H,3-14H2. The van der Waals surface area contributed by atoms with Gasteiger partial charge in [-0.25, -0.2) is 0 Å². The van der Waals surface area contributed by atoms with Crippen LogP contribution in [0.25, 0.3) is 0 Å². The molecule has 4 rings (SSSR count). The van der Waals surface area contributed by atoms with Gasteiger partial charge in [-0.1, -0.05) is 0 Å². The van der Waals surface area contributed by atoms with Crippen LogP contribution in [0.1, 0.15) is 0 Å². The van der Waals surface area contributed by atoms with Crippen LogP contribution in [-0.2, 0) is 19.7 Å². The normalized spacial score (nSPS) is 22.3. The summed E-state index contributed by atoms with van der Waals surface area (Å²) < 4.78 is 39.3. The van der Waals surface area contributed by atoms with Gasteiger partial charge in [0.2, 0.25) is 0 Å². The fourth-order valence-electron chi connectivity index (χ4n) is 4.04. The molecule has 166 valence electrons.